The predicted molar refractivity (Wildman–Crippen MR) is 126 cm³/mol. The molecule has 4 nitrogen and oxygen atoms in total. The molecule has 1 heterocycles. The van der Waals surface area contributed by atoms with E-state index in [0.29, 0.717) is 12.4 Å². The number of fused-ring (bicyclic) bond motifs is 1. The van der Waals surface area contributed by atoms with Crippen molar-refractivity contribution in [3.8, 4) is 5.75 Å². The molecule has 3 aromatic carbocycles. The molecule has 0 amide bonds. The molecule has 1 aromatic heterocycles. The van der Waals surface area contributed by atoms with E-state index in [0.717, 1.165) is 40.9 Å². The second-order valence-corrected chi connectivity index (χ2v) is 8.33. The van der Waals surface area contributed by atoms with Crippen molar-refractivity contribution in [3.05, 3.63) is 94.3 Å². The number of aromatic nitrogens is 2. The fourth-order valence-electron chi connectivity index (χ4n) is 3.89. The fraction of sp³-hybridized carbons (Fsp3) is 0.296. The van der Waals surface area contributed by atoms with Crippen molar-refractivity contribution in [2.75, 3.05) is 6.61 Å². The third-order valence-corrected chi connectivity index (χ3v) is 5.88. The highest BCUT2D eigenvalue weighted by Gasteiger charge is 2.20. The third kappa shape index (κ3) is 4.49. The lowest BCUT2D eigenvalue weighted by atomic mass is 10.1. The summed E-state index contributed by atoms with van der Waals surface area (Å²) in [6.07, 6.45) is 0.0504. The van der Waals surface area contributed by atoms with Crippen LogP contribution in [0.3, 0.4) is 0 Å². The quantitative estimate of drug-likeness (QED) is 0.388. The second-order valence-electron chi connectivity index (χ2n) is 8.33. The van der Waals surface area contributed by atoms with Gasteiger partial charge >= 0.3 is 0 Å². The molecule has 0 radical (unpaired) electrons. The van der Waals surface area contributed by atoms with E-state index < -0.39 is 6.10 Å². The topological polar surface area (TPSA) is 47.3 Å². The van der Waals surface area contributed by atoms with Crippen molar-refractivity contribution < 1.29 is 9.84 Å². The first kappa shape index (κ1) is 21.1. The van der Waals surface area contributed by atoms with Gasteiger partial charge in [-0.15, -0.1) is 0 Å². The summed E-state index contributed by atoms with van der Waals surface area (Å²) in [5.74, 6) is 1.62. The Hall–Kier alpha value is -3.11. The van der Waals surface area contributed by atoms with E-state index >= 15 is 0 Å². The van der Waals surface area contributed by atoms with Crippen LogP contribution in [-0.2, 0) is 6.54 Å². The van der Waals surface area contributed by atoms with Crippen molar-refractivity contribution in [1.29, 1.82) is 0 Å². The minimum absolute atomic E-state index is 0.607. The number of ether oxygens (including phenoxy) is 1. The van der Waals surface area contributed by atoms with Crippen molar-refractivity contribution in [2.45, 2.75) is 46.8 Å². The Morgan fingerprint density at radius 1 is 0.903 bits per heavy atom. The molecule has 31 heavy (non-hydrogen) atoms. The van der Waals surface area contributed by atoms with Crippen LogP contribution in [-0.4, -0.2) is 21.3 Å². The van der Waals surface area contributed by atoms with Crippen molar-refractivity contribution >= 4 is 11.0 Å². The first-order chi connectivity index (χ1) is 14.9. The maximum Gasteiger partial charge on any atom is 0.143 e. The number of hydrogen-bond donors (Lipinski definition) is 1. The van der Waals surface area contributed by atoms with Gasteiger partial charge in [0.1, 0.15) is 17.7 Å². The van der Waals surface area contributed by atoms with Gasteiger partial charge in [-0.3, -0.25) is 0 Å². The molecule has 0 bridgehead atoms. The molecule has 4 rings (SSSR count). The zero-order chi connectivity index (χ0) is 22.0. The van der Waals surface area contributed by atoms with Crippen LogP contribution in [0.15, 0.2) is 60.7 Å². The zero-order valence-electron chi connectivity index (χ0n) is 18.7. The van der Waals surface area contributed by atoms with Crippen LogP contribution in [0.5, 0.6) is 5.75 Å². The second kappa shape index (κ2) is 8.94. The average molecular weight is 415 g/mol. The number of hydrogen-bond acceptors (Lipinski definition) is 3. The molecule has 0 saturated carbocycles. The zero-order valence-corrected chi connectivity index (χ0v) is 18.7. The van der Waals surface area contributed by atoms with E-state index in [9.17, 15) is 5.11 Å². The summed E-state index contributed by atoms with van der Waals surface area (Å²) in [5, 5.41) is 11.1. The summed E-state index contributed by atoms with van der Waals surface area (Å²) < 4.78 is 8.20. The maximum absolute atomic E-state index is 11.1. The van der Waals surface area contributed by atoms with Crippen LogP contribution in [0.1, 0.15) is 46.2 Å². The molecule has 160 valence electrons. The monoisotopic (exact) mass is 414 g/mol. The van der Waals surface area contributed by atoms with E-state index in [1.807, 2.05) is 30.3 Å². The highest BCUT2D eigenvalue weighted by molar-refractivity contribution is 5.78. The third-order valence-electron chi connectivity index (χ3n) is 5.88. The molecule has 0 spiro atoms. The molecule has 0 aliphatic carbocycles. The van der Waals surface area contributed by atoms with Crippen LogP contribution in [0.4, 0.5) is 0 Å². The summed E-state index contributed by atoms with van der Waals surface area (Å²) in [5.41, 5.74) is 7.59. The van der Waals surface area contributed by atoms with Crippen LogP contribution >= 0.6 is 0 Å². The average Bonchev–Trinajstić information content (AvgIpc) is 3.11. The molecule has 1 unspecified atom stereocenters. The fourth-order valence-corrected chi connectivity index (χ4v) is 3.89. The minimum atomic E-state index is -0.769. The van der Waals surface area contributed by atoms with E-state index in [1.54, 1.807) is 0 Å². The maximum atomic E-state index is 11.1. The van der Waals surface area contributed by atoms with Crippen LogP contribution in [0.2, 0.25) is 0 Å². The van der Waals surface area contributed by atoms with Gasteiger partial charge < -0.3 is 14.4 Å². The molecule has 0 saturated heterocycles. The Morgan fingerprint density at radius 3 is 2.42 bits per heavy atom. The first-order valence-electron chi connectivity index (χ1n) is 10.8. The number of aryl methyl sites for hydroxylation is 5. The van der Waals surface area contributed by atoms with Crippen molar-refractivity contribution in [1.82, 2.24) is 9.55 Å². The number of imidazole rings is 1. The number of aliphatic hydroxyl groups is 1. The standard InChI is InChI=1S/C27H30N2O2/c1-18-11-12-19(2)25(15-18)31-14-8-13-29-24-17-21(4)20(3)16-23(24)28-27(29)26(30)22-9-6-5-7-10-22/h5-7,9-12,15-17,26,30H,8,13-14H2,1-4H3. The lowest BCUT2D eigenvalue weighted by Gasteiger charge is -2.15. The van der Waals surface area contributed by atoms with Gasteiger partial charge in [0.25, 0.3) is 0 Å². The van der Waals surface area contributed by atoms with E-state index in [4.69, 9.17) is 9.72 Å². The summed E-state index contributed by atoms with van der Waals surface area (Å²) >= 11 is 0. The Balaban J connectivity index is 1.60. The largest absolute Gasteiger partial charge is 0.493 e. The van der Waals surface area contributed by atoms with Crippen molar-refractivity contribution in [2.24, 2.45) is 0 Å². The Morgan fingerprint density at radius 2 is 1.65 bits per heavy atom. The number of benzene rings is 3. The van der Waals surface area contributed by atoms with Gasteiger partial charge in [0.05, 0.1) is 17.6 Å². The molecule has 1 N–H and O–H groups in total. The van der Waals surface area contributed by atoms with Crippen LogP contribution in [0.25, 0.3) is 11.0 Å². The van der Waals surface area contributed by atoms with Gasteiger partial charge in [0, 0.05) is 6.54 Å². The Labute approximate surface area is 184 Å². The number of aliphatic hydroxyl groups excluding tert-OH is 1. The molecule has 4 heteroatoms. The molecule has 0 aliphatic rings. The van der Waals surface area contributed by atoms with E-state index in [2.05, 4.69) is 62.6 Å². The minimum Gasteiger partial charge on any atom is -0.493 e. The Bertz CT molecular complexity index is 1200. The number of rotatable bonds is 7. The van der Waals surface area contributed by atoms with Gasteiger partial charge in [-0.05, 0) is 80.1 Å². The summed E-state index contributed by atoms with van der Waals surface area (Å²) in [7, 11) is 0. The molecule has 0 fully saturated rings. The summed E-state index contributed by atoms with van der Waals surface area (Å²) in [6, 6.07) is 20.3. The molecule has 1 atom stereocenters. The summed E-state index contributed by atoms with van der Waals surface area (Å²) in [4.78, 5) is 4.83. The summed E-state index contributed by atoms with van der Waals surface area (Å²) in [6.45, 7) is 9.68. The van der Waals surface area contributed by atoms with Gasteiger partial charge in [-0.1, -0.05) is 42.5 Å². The molecule has 0 aliphatic heterocycles. The Kier molecular flexibility index (Phi) is 6.10. The van der Waals surface area contributed by atoms with Crippen LogP contribution in [0, 0.1) is 27.7 Å². The van der Waals surface area contributed by atoms with E-state index in [-0.39, 0.29) is 0 Å². The normalized spacial score (nSPS) is 12.3. The smallest absolute Gasteiger partial charge is 0.143 e. The number of nitrogens with zero attached hydrogens (tertiary/aromatic N) is 2. The molecule has 4 aromatic rings. The predicted octanol–water partition coefficient (Wildman–Crippen LogP) is 5.82. The van der Waals surface area contributed by atoms with Crippen molar-refractivity contribution in [3.63, 3.8) is 0 Å². The lowest BCUT2D eigenvalue weighted by molar-refractivity contribution is 0.203. The van der Waals surface area contributed by atoms with Gasteiger partial charge in [0.2, 0.25) is 0 Å². The highest BCUT2D eigenvalue weighted by atomic mass is 16.5. The highest BCUT2D eigenvalue weighted by Crippen LogP contribution is 2.28. The SMILES string of the molecule is Cc1ccc(C)c(OCCCn2c(C(O)c3ccccc3)nc3cc(C)c(C)cc32)c1. The van der Waals surface area contributed by atoms with Gasteiger partial charge in [-0.2, -0.15) is 0 Å². The molecular formula is C27H30N2O2. The lowest BCUT2D eigenvalue weighted by Crippen LogP contribution is -2.12. The first-order valence-corrected chi connectivity index (χ1v) is 10.8. The van der Waals surface area contributed by atoms with E-state index in [1.165, 1.54) is 16.7 Å². The van der Waals surface area contributed by atoms with Gasteiger partial charge in [-0.25, -0.2) is 4.98 Å². The molecular weight excluding hydrogens is 384 g/mol. The van der Waals surface area contributed by atoms with Crippen LogP contribution < -0.4 is 4.74 Å². The van der Waals surface area contributed by atoms with Gasteiger partial charge in [0.15, 0.2) is 0 Å².